The van der Waals surface area contributed by atoms with Crippen LogP contribution in [0.25, 0.3) is 35.2 Å². The summed E-state index contributed by atoms with van der Waals surface area (Å²) in [5.41, 5.74) is 9.41. The van der Waals surface area contributed by atoms with Crippen LogP contribution in [0.2, 0.25) is 0 Å². The van der Waals surface area contributed by atoms with E-state index in [-0.39, 0.29) is 17.9 Å². The molecule has 0 radical (unpaired) electrons. The molecule has 4 heterocycles. The molecule has 2 aromatic carbocycles. The van der Waals surface area contributed by atoms with Crippen LogP contribution in [0.4, 0.5) is 0 Å². The van der Waals surface area contributed by atoms with Crippen molar-refractivity contribution in [3.05, 3.63) is 166 Å². The second-order valence-electron chi connectivity index (χ2n) is 15.4. The maximum absolute atomic E-state index is 5.78. The van der Waals surface area contributed by atoms with Gasteiger partial charge in [-0.05, 0) is 74.8 Å². The highest BCUT2D eigenvalue weighted by molar-refractivity contribution is 6.15. The number of nitrogens with zero attached hydrogens (tertiary/aromatic N) is 6. The Morgan fingerprint density at radius 3 is 2.47 bits per heavy atom. The van der Waals surface area contributed by atoms with E-state index in [4.69, 9.17) is 34.7 Å². The van der Waals surface area contributed by atoms with Gasteiger partial charge in [0.2, 0.25) is 0 Å². The molecule has 7 nitrogen and oxygen atoms in total. The number of aromatic nitrogens is 4. The van der Waals surface area contributed by atoms with Gasteiger partial charge in [-0.3, -0.25) is 4.99 Å². The minimum atomic E-state index is -0.161. The van der Waals surface area contributed by atoms with Crippen LogP contribution < -0.4 is 10.6 Å². The molecular formula is C50H48N6O. The second kappa shape index (κ2) is 16.6. The molecule has 284 valence electrons. The van der Waals surface area contributed by atoms with Crippen LogP contribution in [0, 0.1) is 5.92 Å². The maximum atomic E-state index is 5.78. The lowest BCUT2D eigenvalue weighted by atomic mass is 9.87. The van der Waals surface area contributed by atoms with Gasteiger partial charge in [0.25, 0.3) is 0 Å². The van der Waals surface area contributed by atoms with E-state index in [1.54, 1.807) is 12.5 Å². The second-order valence-corrected chi connectivity index (χ2v) is 15.4. The lowest BCUT2D eigenvalue weighted by Gasteiger charge is -2.24. The van der Waals surface area contributed by atoms with Crippen molar-refractivity contribution in [2.75, 3.05) is 0 Å². The first-order valence-corrected chi connectivity index (χ1v) is 20.6. The summed E-state index contributed by atoms with van der Waals surface area (Å²) < 4.78 is 5.78. The number of aryl methyl sites for hydroxylation is 1. The number of hydrogen-bond donors (Lipinski definition) is 0. The van der Waals surface area contributed by atoms with E-state index in [1.165, 1.54) is 18.4 Å². The Kier molecular flexibility index (Phi) is 10.6. The zero-order valence-corrected chi connectivity index (χ0v) is 32.8. The Labute approximate surface area is 335 Å². The number of allylic oxidation sites excluding steroid dienone is 8. The van der Waals surface area contributed by atoms with Crippen molar-refractivity contribution in [2.24, 2.45) is 15.9 Å². The number of rotatable bonds is 8. The molecule has 4 unspecified atom stereocenters. The van der Waals surface area contributed by atoms with E-state index in [2.05, 4.69) is 105 Å². The van der Waals surface area contributed by atoms with Gasteiger partial charge in [0.1, 0.15) is 17.4 Å². The Morgan fingerprint density at radius 2 is 1.68 bits per heavy atom. The zero-order valence-electron chi connectivity index (χ0n) is 32.8. The summed E-state index contributed by atoms with van der Waals surface area (Å²) in [6, 6.07) is 21.2. The van der Waals surface area contributed by atoms with E-state index in [0.29, 0.717) is 18.2 Å². The van der Waals surface area contributed by atoms with E-state index < -0.39 is 0 Å². The lowest BCUT2D eigenvalue weighted by molar-refractivity contribution is 0.460. The van der Waals surface area contributed by atoms with Gasteiger partial charge in [0, 0.05) is 39.7 Å². The summed E-state index contributed by atoms with van der Waals surface area (Å²) in [6.07, 6.45) is 32.8. The Bertz CT molecular complexity index is 2540. The summed E-state index contributed by atoms with van der Waals surface area (Å²) in [5.74, 6) is 2.61. The van der Waals surface area contributed by atoms with Crippen molar-refractivity contribution < 1.29 is 4.74 Å². The number of fused-ring (bicyclic) bond motifs is 3. The fourth-order valence-electron chi connectivity index (χ4n) is 8.81. The van der Waals surface area contributed by atoms with Gasteiger partial charge in [0.15, 0.2) is 11.7 Å². The standard InChI is InChI=1S/C50H48N6O/c1-3-17-41-43(4-2)52-49(55-46(41)34-20-10-6-11-21-34)38-28-37(48-51-40-25-15-14-24-36(31-40)45(54-48)33-18-8-5-9-19-33)29-39(30-38)50-53-44-32-57-27-16-26-42(44)47(56-50)35-22-12-7-13-23-35/h3,5-13,16-20,22-23,26-29,32,34,36,38,40H,4,14-15,21,24-25,30-31H2,1-2H3/b17-3-. The minimum absolute atomic E-state index is 0.161. The molecule has 0 spiro atoms. The molecule has 0 N–H and O–H groups in total. The van der Waals surface area contributed by atoms with E-state index in [1.807, 2.05) is 30.4 Å². The van der Waals surface area contributed by atoms with Gasteiger partial charge < -0.3 is 4.74 Å². The van der Waals surface area contributed by atoms with Gasteiger partial charge in [-0.15, -0.1) is 0 Å². The largest absolute Gasteiger partial charge is 0.470 e. The number of amidine groups is 1. The average molecular weight is 749 g/mol. The minimum Gasteiger partial charge on any atom is -0.470 e. The monoisotopic (exact) mass is 748 g/mol. The Balaban J connectivity index is 1.25. The summed E-state index contributed by atoms with van der Waals surface area (Å²) in [7, 11) is 0. The molecule has 4 atom stereocenters. The topological polar surface area (TPSA) is 85.5 Å². The molecule has 0 saturated heterocycles. The molecule has 2 bridgehead atoms. The van der Waals surface area contributed by atoms with Crippen LogP contribution in [-0.4, -0.2) is 37.5 Å². The molecule has 4 aromatic rings. The fraction of sp³-hybridized carbons (Fsp3) is 0.280. The van der Waals surface area contributed by atoms with Gasteiger partial charge in [0.05, 0.1) is 35.1 Å². The molecule has 1 fully saturated rings. The third-order valence-electron chi connectivity index (χ3n) is 11.6. The maximum Gasteiger partial charge on any atom is 0.156 e. The van der Waals surface area contributed by atoms with Crippen LogP contribution in [0.3, 0.4) is 0 Å². The molecule has 57 heavy (non-hydrogen) atoms. The fourth-order valence-corrected chi connectivity index (χ4v) is 8.81. The normalized spacial score (nSPS) is 22.7. The molecule has 5 aliphatic rings. The number of benzene rings is 2. The van der Waals surface area contributed by atoms with Crippen molar-refractivity contribution in [1.82, 2.24) is 19.9 Å². The third kappa shape index (κ3) is 7.71. The molecule has 7 heteroatoms. The Hall–Kier alpha value is -6.08. The summed E-state index contributed by atoms with van der Waals surface area (Å²) >= 11 is 0. The number of aliphatic imine (C=N–C) groups is 2. The first kappa shape index (κ1) is 36.6. The molecule has 2 aromatic heterocycles. The van der Waals surface area contributed by atoms with Gasteiger partial charge in [-0.2, -0.15) is 0 Å². The summed E-state index contributed by atoms with van der Waals surface area (Å²) in [6.45, 7) is 4.25. The van der Waals surface area contributed by atoms with Gasteiger partial charge in [-0.1, -0.05) is 123 Å². The first-order valence-electron chi connectivity index (χ1n) is 20.6. The number of hydrogen-bond acceptors (Lipinski definition) is 7. The van der Waals surface area contributed by atoms with Crippen LogP contribution in [0.5, 0.6) is 0 Å². The quantitative estimate of drug-likeness (QED) is 0.179. The van der Waals surface area contributed by atoms with E-state index >= 15 is 0 Å². The van der Waals surface area contributed by atoms with E-state index in [9.17, 15) is 0 Å². The highest BCUT2D eigenvalue weighted by atomic mass is 16.5. The van der Waals surface area contributed by atoms with Crippen LogP contribution in [0.15, 0.2) is 131 Å². The highest BCUT2D eigenvalue weighted by Crippen LogP contribution is 2.39. The summed E-state index contributed by atoms with van der Waals surface area (Å²) in [4.78, 5) is 32.4. The molecule has 1 saturated carbocycles. The van der Waals surface area contributed by atoms with Crippen LogP contribution in [0.1, 0.15) is 105 Å². The first-order chi connectivity index (χ1) is 28.1. The van der Waals surface area contributed by atoms with Crippen molar-refractivity contribution in [1.29, 1.82) is 0 Å². The van der Waals surface area contributed by atoms with Crippen molar-refractivity contribution in [3.63, 3.8) is 0 Å². The zero-order chi connectivity index (χ0) is 38.6. The smallest absolute Gasteiger partial charge is 0.156 e. The highest BCUT2D eigenvalue weighted by Gasteiger charge is 2.32. The van der Waals surface area contributed by atoms with Gasteiger partial charge >= 0.3 is 0 Å². The lowest BCUT2D eigenvalue weighted by Crippen LogP contribution is -2.33. The van der Waals surface area contributed by atoms with Gasteiger partial charge in [-0.25, -0.2) is 24.9 Å². The van der Waals surface area contributed by atoms with Crippen LogP contribution in [-0.2, 0) is 11.2 Å². The Morgan fingerprint density at radius 1 is 0.860 bits per heavy atom. The predicted octanol–water partition coefficient (Wildman–Crippen LogP) is 9.54. The average Bonchev–Trinajstić information content (AvgIpc) is 3.74. The molecule has 2 aliphatic heterocycles. The SMILES string of the molecule is C/C=C\c1c(CC)nc(C2C=C(C3=NC4CCCCC(C4)C(c4ccccc4)=N3)C=C(c3nc(-c4ccccc4)c4c(n3)=COC=CC=4)C2)nc1C1C=CC=CC1. The molecular weight excluding hydrogens is 701 g/mol. The molecule has 0 amide bonds. The predicted molar refractivity (Wildman–Crippen MR) is 232 cm³/mol. The van der Waals surface area contributed by atoms with E-state index in [0.717, 1.165) is 99.4 Å². The van der Waals surface area contributed by atoms with Crippen LogP contribution >= 0.6 is 0 Å². The summed E-state index contributed by atoms with van der Waals surface area (Å²) in [5, 5.41) is 1.66. The van der Waals surface area contributed by atoms with Crippen molar-refractivity contribution in [3.8, 4) is 11.3 Å². The molecule has 9 rings (SSSR count). The van der Waals surface area contributed by atoms with Crippen molar-refractivity contribution >= 4 is 35.5 Å². The third-order valence-corrected chi connectivity index (χ3v) is 11.6. The number of ether oxygens (including phenoxy) is 1. The molecule has 3 aliphatic carbocycles. The van der Waals surface area contributed by atoms with Crippen molar-refractivity contribution in [2.45, 2.75) is 83.1 Å².